The lowest BCUT2D eigenvalue weighted by Gasteiger charge is -2.11. The van der Waals surface area contributed by atoms with Crippen molar-refractivity contribution in [1.82, 2.24) is 29.5 Å². The van der Waals surface area contributed by atoms with E-state index in [2.05, 4.69) is 29.9 Å². The Morgan fingerprint density at radius 1 is 1.23 bits per heavy atom. The molecule has 126 valence electrons. The minimum Gasteiger partial charge on any atom is -0.368 e. The van der Waals surface area contributed by atoms with Crippen molar-refractivity contribution in [1.29, 1.82) is 0 Å². The third-order valence-corrected chi connectivity index (χ3v) is 4.00. The maximum atomic E-state index is 7.24. The highest BCUT2D eigenvalue weighted by Gasteiger charge is 2.20. The standard InChI is InChI=1S/C17H11ClN8/c1-20-11-4-2-3-10(7-11)15-14(12-5-6-21-9-22-12)16-23-13(8-18)25-26(16)17(19)24-15/h2-7,9H,8H2,(H2,19,24). The van der Waals surface area contributed by atoms with Gasteiger partial charge in [0.25, 0.3) is 0 Å². The highest BCUT2D eigenvalue weighted by atomic mass is 35.5. The van der Waals surface area contributed by atoms with E-state index in [4.69, 9.17) is 23.9 Å². The average molecular weight is 363 g/mol. The fourth-order valence-corrected chi connectivity index (χ4v) is 2.78. The van der Waals surface area contributed by atoms with Gasteiger partial charge in [0.1, 0.15) is 6.33 Å². The Balaban J connectivity index is 2.10. The molecule has 4 rings (SSSR count). The molecule has 9 heteroatoms. The zero-order valence-electron chi connectivity index (χ0n) is 13.3. The molecule has 0 unspecified atom stereocenters. The fourth-order valence-electron chi connectivity index (χ4n) is 2.66. The van der Waals surface area contributed by atoms with E-state index in [1.807, 2.05) is 6.07 Å². The minimum absolute atomic E-state index is 0.146. The second kappa shape index (κ2) is 6.38. The molecule has 1 aromatic carbocycles. The first-order valence-electron chi connectivity index (χ1n) is 7.56. The second-order valence-electron chi connectivity index (χ2n) is 5.35. The summed E-state index contributed by atoms with van der Waals surface area (Å²) in [5.41, 5.74) is 9.65. The number of aromatic nitrogens is 6. The van der Waals surface area contributed by atoms with E-state index in [9.17, 15) is 0 Å². The van der Waals surface area contributed by atoms with E-state index >= 15 is 0 Å². The van der Waals surface area contributed by atoms with E-state index in [1.54, 1.807) is 30.5 Å². The Labute approximate surface area is 153 Å². The number of anilines is 1. The second-order valence-corrected chi connectivity index (χ2v) is 5.61. The lowest BCUT2D eigenvalue weighted by molar-refractivity contribution is 0.910. The maximum Gasteiger partial charge on any atom is 0.223 e. The molecular formula is C17H11ClN8. The summed E-state index contributed by atoms with van der Waals surface area (Å²) in [5, 5.41) is 4.28. The summed E-state index contributed by atoms with van der Waals surface area (Å²) in [7, 11) is 0. The van der Waals surface area contributed by atoms with Crippen molar-refractivity contribution >= 4 is 28.9 Å². The molecule has 0 aliphatic carbocycles. The topological polar surface area (TPSA) is 99.2 Å². The maximum absolute atomic E-state index is 7.24. The Kier molecular flexibility index (Phi) is 3.91. The largest absolute Gasteiger partial charge is 0.368 e. The molecule has 0 bridgehead atoms. The Morgan fingerprint density at radius 2 is 2.12 bits per heavy atom. The number of halogens is 1. The number of fused-ring (bicyclic) bond motifs is 1. The van der Waals surface area contributed by atoms with E-state index in [-0.39, 0.29) is 11.8 Å². The van der Waals surface area contributed by atoms with Crippen molar-refractivity contribution in [3.8, 4) is 22.5 Å². The summed E-state index contributed by atoms with van der Waals surface area (Å²) in [5.74, 6) is 0.750. The van der Waals surface area contributed by atoms with Crippen LogP contribution in [0.4, 0.5) is 11.6 Å². The number of alkyl halides is 1. The van der Waals surface area contributed by atoms with Gasteiger partial charge in [0, 0.05) is 6.20 Å². The predicted octanol–water partition coefficient (Wildman–Crippen LogP) is 3.12. The van der Waals surface area contributed by atoms with E-state index in [0.717, 1.165) is 5.56 Å². The van der Waals surface area contributed by atoms with Crippen LogP contribution in [-0.2, 0) is 5.88 Å². The summed E-state index contributed by atoms with van der Waals surface area (Å²) < 4.78 is 1.44. The number of nitrogens with two attached hydrogens (primary N) is 1. The molecule has 2 N–H and O–H groups in total. The van der Waals surface area contributed by atoms with Crippen LogP contribution in [0.25, 0.3) is 33.0 Å². The van der Waals surface area contributed by atoms with Crippen molar-refractivity contribution in [2.45, 2.75) is 5.88 Å². The highest BCUT2D eigenvalue weighted by Crippen LogP contribution is 2.34. The lowest BCUT2D eigenvalue weighted by Crippen LogP contribution is -2.06. The monoisotopic (exact) mass is 362 g/mol. The van der Waals surface area contributed by atoms with Crippen LogP contribution in [0, 0.1) is 6.57 Å². The van der Waals surface area contributed by atoms with Gasteiger partial charge in [-0.25, -0.2) is 24.8 Å². The van der Waals surface area contributed by atoms with Gasteiger partial charge >= 0.3 is 0 Å². The van der Waals surface area contributed by atoms with E-state index < -0.39 is 0 Å². The molecule has 0 amide bonds. The molecule has 0 aliphatic rings. The van der Waals surface area contributed by atoms with Crippen molar-refractivity contribution in [3.63, 3.8) is 0 Å². The number of benzene rings is 1. The number of nitrogens with zero attached hydrogens (tertiary/aromatic N) is 7. The summed E-state index contributed by atoms with van der Waals surface area (Å²) in [6.45, 7) is 7.24. The van der Waals surface area contributed by atoms with Gasteiger partial charge < -0.3 is 5.73 Å². The smallest absolute Gasteiger partial charge is 0.223 e. The SMILES string of the molecule is [C-]#[N+]c1cccc(-c2nc(N)n3nc(CCl)nc3c2-c2ccncn2)c1. The van der Waals surface area contributed by atoms with E-state index in [1.165, 1.54) is 10.8 Å². The van der Waals surface area contributed by atoms with Crippen molar-refractivity contribution in [2.24, 2.45) is 0 Å². The van der Waals surface area contributed by atoms with Gasteiger partial charge in [-0.3, -0.25) is 0 Å². The van der Waals surface area contributed by atoms with Crippen LogP contribution in [0.15, 0.2) is 42.9 Å². The number of nitrogen functional groups attached to an aromatic ring is 1. The van der Waals surface area contributed by atoms with Crippen LogP contribution in [0.3, 0.4) is 0 Å². The molecule has 8 nitrogen and oxygen atoms in total. The van der Waals surface area contributed by atoms with Gasteiger partial charge in [-0.1, -0.05) is 18.2 Å². The molecule has 0 spiro atoms. The van der Waals surface area contributed by atoms with Crippen LogP contribution in [0.2, 0.25) is 0 Å². The first-order valence-corrected chi connectivity index (χ1v) is 8.10. The van der Waals surface area contributed by atoms with Gasteiger partial charge in [-0.15, -0.1) is 16.7 Å². The van der Waals surface area contributed by atoms with Crippen molar-refractivity contribution < 1.29 is 0 Å². The predicted molar refractivity (Wildman–Crippen MR) is 97.5 cm³/mol. The summed E-state index contributed by atoms with van der Waals surface area (Å²) in [6.07, 6.45) is 3.08. The number of hydrogen-bond acceptors (Lipinski definition) is 6. The highest BCUT2D eigenvalue weighted by molar-refractivity contribution is 6.16. The fraction of sp³-hybridized carbons (Fsp3) is 0.0588. The molecule has 4 aromatic rings. The molecule has 0 atom stereocenters. The normalized spacial score (nSPS) is 10.8. The number of rotatable bonds is 3. The first kappa shape index (κ1) is 15.9. The van der Waals surface area contributed by atoms with Crippen LogP contribution in [-0.4, -0.2) is 29.5 Å². The average Bonchev–Trinajstić information content (AvgIpc) is 3.13. The Morgan fingerprint density at radius 3 is 2.85 bits per heavy atom. The molecule has 3 aromatic heterocycles. The minimum atomic E-state index is 0.146. The third-order valence-electron chi connectivity index (χ3n) is 3.76. The summed E-state index contributed by atoms with van der Waals surface area (Å²) in [4.78, 5) is 20.7. The molecule has 0 radical (unpaired) electrons. The summed E-state index contributed by atoms with van der Waals surface area (Å²) >= 11 is 5.89. The Hall–Kier alpha value is -3.57. The molecular weight excluding hydrogens is 352 g/mol. The van der Waals surface area contributed by atoms with Crippen LogP contribution in [0.5, 0.6) is 0 Å². The zero-order chi connectivity index (χ0) is 18.1. The van der Waals surface area contributed by atoms with Gasteiger partial charge in [-0.05, 0) is 17.7 Å². The van der Waals surface area contributed by atoms with Gasteiger partial charge in [-0.2, -0.15) is 4.52 Å². The number of hydrogen-bond donors (Lipinski definition) is 1. The van der Waals surface area contributed by atoms with Gasteiger partial charge in [0.2, 0.25) is 5.95 Å². The van der Waals surface area contributed by atoms with Crippen LogP contribution in [0.1, 0.15) is 5.82 Å². The Bertz CT molecular complexity index is 1150. The van der Waals surface area contributed by atoms with Gasteiger partial charge in [0.15, 0.2) is 17.2 Å². The van der Waals surface area contributed by atoms with Crippen molar-refractivity contribution in [3.05, 3.63) is 60.1 Å². The molecule has 0 fully saturated rings. The zero-order valence-corrected chi connectivity index (χ0v) is 14.1. The van der Waals surface area contributed by atoms with Crippen LogP contribution >= 0.6 is 11.6 Å². The molecule has 26 heavy (non-hydrogen) atoms. The molecule has 0 aliphatic heterocycles. The third kappa shape index (κ3) is 2.60. The first-order chi connectivity index (χ1) is 12.7. The quantitative estimate of drug-likeness (QED) is 0.444. The molecule has 0 saturated carbocycles. The summed E-state index contributed by atoms with van der Waals surface area (Å²) in [6, 6.07) is 8.88. The molecule has 0 saturated heterocycles. The van der Waals surface area contributed by atoms with E-state index in [0.29, 0.717) is 34.1 Å². The van der Waals surface area contributed by atoms with Gasteiger partial charge in [0.05, 0.1) is 29.4 Å². The molecule has 3 heterocycles. The van der Waals surface area contributed by atoms with Crippen LogP contribution < -0.4 is 5.73 Å². The van der Waals surface area contributed by atoms with Crippen molar-refractivity contribution in [2.75, 3.05) is 5.73 Å². The lowest BCUT2D eigenvalue weighted by atomic mass is 10.0.